The Morgan fingerprint density at radius 3 is 2.77 bits per heavy atom. The number of ketones is 1. The summed E-state index contributed by atoms with van der Waals surface area (Å²) in [6.45, 7) is 8.85. The summed E-state index contributed by atoms with van der Waals surface area (Å²) in [5, 5.41) is 0. The Kier molecular flexibility index (Phi) is 4.84. The van der Waals surface area contributed by atoms with E-state index in [2.05, 4.69) is 21.8 Å². The van der Waals surface area contributed by atoms with Gasteiger partial charge < -0.3 is 14.8 Å². The first kappa shape index (κ1) is 20.1. The summed E-state index contributed by atoms with van der Waals surface area (Å²) in [6, 6.07) is 8.19. The molecule has 1 atom stereocenters. The van der Waals surface area contributed by atoms with Crippen LogP contribution in [0.5, 0.6) is 0 Å². The van der Waals surface area contributed by atoms with Crippen molar-refractivity contribution < 1.29 is 9.59 Å². The van der Waals surface area contributed by atoms with Crippen molar-refractivity contribution in [3.8, 4) is 11.3 Å². The number of carbonyl (C=O) groups is 2. The van der Waals surface area contributed by atoms with Crippen LogP contribution in [-0.2, 0) is 4.79 Å². The minimum Gasteiger partial charge on any atom is -0.358 e. The molecule has 1 aromatic carbocycles. The third kappa shape index (κ3) is 3.56. The summed E-state index contributed by atoms with van der Waals surface area (Å²) in [5.41, 5.74) is 3.80. The minimum atomic E-state index is -0.503. The van der Waals surface area contributed by atoms with Gasteiger partial charge in [-0.3, -0.25) is 9.59 Å². The number of aromatic nitrogens is 3. The van der Waals surface area contributed by atoms with Crippen LogP contribution in [0.2, 0.25) is 0 Å². The number of aromatic amines is 1. The van der Waals surface area contributed by atoms with Crippen molar-refractivity contribution >= 4 is 28.5 Å². The quantitative estimate of drug-likeness (QED) is 0.674. The number of anilines is 1. The van der Waals surface area contributed by atoms with Crippen LogP contribution < -0.4 is 4.90 Å². The van der Waals surface area contributed by atoms with Gasteiger partial charge in [-0.2, -0.15) is 0 Å². The fourth-order valence-corrected chi connectivity index (χ4v) is 3.82. The van der Waals surface area contributed by atoms with Crippen LogP contribution in [0.1, 0.15) is 38.1 Å². The van der Waals surface area contributed by atoms with Gasteiger partial charge in [0.05, 0.1) is 24.0 Å². The molecule has 1 saturated heterocycles. The van der Waals surface area contributed by atoms with E-state index >= 15 is 0 Å². The molecule has 1 unspecified atom stereocenters. The maximum Gasteiger partial charge on any atom is 0.241 e. The third-order valence-corrected chi connectivity index (χ3v) is 5.58. The zero-order chi connectivity index (χ0) is 21.6. The lowest BCUT2D eigenvalue weighted by Gasteiger charge is -2.39. The van der Waals surface area contributed by atoms with Crippen molar-refractivity contribution in [3.05, 3.63) is 42.2 Å². The molecule has 7 heteroatoms. The number of nitrogens with one attached hydrogen (secondary N) is 1. The van der Waals surface area contributed by atoms with Crippen LogP contribution in [0.25, 0.3) is 22.4 Å². The van der Waals surface area contributed by atoms with Gasteiger partial charge in [0, 0.05) is 42.5 Å². The lowest BCUT2D eigenvalue weighted by molar-refractivity contribution is -0.130. The molecular weight excluding hydrogens is 378 g/mol. The van der Waals surface area contributed by atoms with E-state index < -0.39 is 5.41 Å². The van der Waals surface area contributed by atoms with Crippen LogP contribution in [0.4, 0.5) is 5.69 Å². The molecule has 1 N–H and O–H groups in total. The highest BCUT2D eigenvalue weighted by Crippen LogP contribution is 2.29. The molecule has 3 heterocycles. The van der Waals surface area contributed by atoms with Gasteiger partial charge in [-0.1, -0.05) is 32.9 Å². The van der Waals surface area contributed by atoms with Crippen molar-refractivity contribution in [2.24, 2.45) is 5.41 Å². The molecule has 1 fully saturated rings. The van der Waals surface area contributed by atoms with E-state index in [1.54, 1.807) is 17.3 Å². The molecule has 2 aromatic heterocycles. The Hall–Kier alpha value is -3.22. The standard InChI is InChI=1S/C23H27N5O2/c1-14-12-27(5)19(29)13-28(14)16-8-6-7-15(9-16)18-11-25-22-20(26-18)17(10-24-22)21(30)23(2,3)4/h6-11,14H,12-13H2,1-5H3,(H,24,25). The van der Waals surface area contributed by atoms with Crippen molar-refractivity contribution in [2.75, 3.05) is 25.0 Å². The average Bonchev–Trinajstić information content (AvgIpc) is 3.12. The Morgan fingerprint density at radius 1 is 1.27 bits per heavy atom. The fraction of sp³-hybridized carbons (Fsp3) is 0.391. The molecule has 0 bridgehead atoms. The number of carbonyl (C=O) groups excluding carboxylic acids is 2. The molecule has 3 aromatic rings. The van der Waals surface area contributed by atoms with Gasteiger partial charge in [-0.25, -0.2) is 9.97 Å². The minimum absolute atomic E-state index is 0.0266. The monoisotopic (exact) mass is 405 g/mol. The molecule has 1 aliphatic heterocycles. The van der Waals surface area contributed by atoms with E-state index in [9.17, 15) is 9.59 Å². The summed E-state index contributed by atoms with van der Waals surface area (Å²) >= 11 is 0. The second kappa shape index (κ2) is 7.23. The van der Waals surface area contributed by atoms with E-state index in [1.807, 2.05) is 52.1 Å². The van der Waals surface area contributed by atoms with Gasteiger partial charge in [0.2, 0.25) is 5.91 Å². The number of fused-ring (bicyclic) bond motifs is 1. The number of hydrogen-bond acceptors (Lipinski definition) is 5. The molecule has 156 valence electrons. The van der Waals surface area contributed by atoms with Gasteiger partial charge in [0.15, 0.2) is 11.4 Å². The second-order valence-electron chi connectivity index (χ2n) is 9.04. The van der Waals surface area contributed by atoms with Crippen LogP contribution in [0.3, 0.4) is 0 Å². The highest BCUT2D eigenvalue weighted by molar-refractivity contribution is 6.08. The number of hydrogen-bond donors (Lipinski definition) is 1. The van der Waals surface area contributed by atoms with Crippen molar-refractivity contribution in [1.82, 2.24) is 19.9 Å². The number of rotatable bonds is 3. The number of H-pyrrole nitrogens is 1. The van der Waals surface area contributed by atoms with E-state index in [1.165, 1.54) is 0 Å². The van der Waals surface area contributed by atoms with Crippen molar-refractivity contribution in [2.45, 2.75) is 33.7 Å². The largest absolute Gasteiger partial charge is 0.358 e. The van der Waals surface area contributed by atoms with Gasteiger partial charge >= 0.3 is 0 Å². The Balaban J connectivity index is 1.72. The number of amides is 1. The molecule has 0 spiro atoms. The summed E-state index contributed by atoms with van der Waals surface area (Å²) < 4.78 is 0. The summed E-state index contributed by atoms with van der Waals surface area (Å²) in [7, 11) is 1.84. The summed E-state index contributed by atoms with van der Waals surface area (Å²) in [5.74, 6) is 0.135. The maximum atomic E-state index is 12.8. The lowest BCUT2D eigenvalue weighted by atomic mass is 9.87. The van der Waals surface area contributed by atoms with Crippen LogP contribution in [-0.4, -0.2) is 57.7 Å². The number of Topliss-reactive ketones (excluding diaryl/α,β-unsaturated/α-hetero) is 1. The molecule has 4 rings (SSSR count). The molecule has 1 aliphatic rings. The number of likely N-dealkylation sites (N-methyl/N-ethyl adjacent to an activating group) is 1. The molecule has 0 aliphatic carbocycles. The lowest BCUT2D eigenvalue weighted by Crippen LogP contribution is -2.53. The number of piperazine rings is 1. The zero-order valence-corrected chi connectivity index (χ0v) is 18.1. The van der Waals surface area contributed by atoms with E-state index in [4.69, 9.17) is 4.98 Å². The average molecular weight is 406 g/mol. The SMILES string of the molecule is CC1CN(C)C(=O)CN1c1cccc(-c2cnc3[nH]cc(C(=O)C(C)(C)C)c3n2)c1. The van der Waals surface area contributed by atoms with E-state index in [0.29, 0.717) is 35.5 Å². The second-order valence-corrected chi connectivity index (χ2v) is 9.04. The highest BCUT2D eigenvalue weighted by atomic mass is 16.2. The van der Waals surface area contributed by atoms with Gasteiger partial charge in [0.1, 0.15) is 5.52 Å². The number of nitrogens with zero attached hydrogens (tertiary/aromatic N) is 4. The first-order valence-electron chi connectivity index (χ1n) is 10.1. The van der Waals surface area contributed by atoms with E-state index in [-0.39, 0.29) is 17.7 Å². The Bertz CT molecular complexity index is 1130. The topological polar surface area (TPSA) is 82.2 Å². The Labute approximate surface area is 176 Å². The van der Waals surface area contributed by atoms with Crippen LogP contribution >= 0.6 is 0 Å². The first-order valence-corrected chi connectivity index (χ1v) is 10.1. The normalized spacial score (nSPS) is 17.6. The number of benzene rings is 1. The molecule has 30 heavy (non-hydrogen) atoms. The van der Waals surface area contributed by atoms with E-state index in [0.717, 1.165) is 11.3 Å². The third-order valence-electron chi connectivity index (χ3n) is 5.58. The molecule has 1 amide bonds. The first-order chi connectivity index (χ1) is 14.1. The fourth-order valence-electron chi connectivity index (χ4n) is 3.82. The smallest absolute Gasteiger partial charge is 0.241 e. The van der Waals surface area contributed by atoms with Gasteiger partial charge in [-0.05, 0) is 19.1 Å². The summed E-state index contributed by atoms with van der Waals surface area (Å²) in [4.78, 5) is 41.2. The predicted octanol–water partition coefficient (Wildman–Crippen LogP) is 3.52. The van der Waals surface area contributed by atoms with Gasteiger partial charge in [-0.15, -0.1) is 0 Å². The summed E-state index contributed by atoms with van der Waals surface area (Å²) in [6.07, 6.45) is 3.40. The van der Waals surface area contributed by atoms with Crippen LogP contribution in [0.15, 0.2) is 36.7 Å². The highest BCUT2D eigenvalue weighted by Gasteiger charge is 2.28. The van der Waals surface area contributed by atoms with Crippen molar-refractivity contribution in [3.63, 3.8) is 0 Å². The molecule has 0 saturated carbocycles. The molecular formula is C23H27N5O2. The van der Waals surface area contributed by atoms with Gasteiger partial charge in [0.25, 0.3) is 0 Å². The van der Waals surface area contributed by atoms with Crippen LogP contribution in [0, 0.1) is 5.41 Å². The van der Waals surface area contributed by atoms with Crippen molar-refractivity contribution in [1.29, 1.82) is 0 Å². The zero-order valence-electron chi connectivity index (χ0n) is 18.1. The maximum absolute atomic E-state index is 12.8. The predicted molar refractivity (Wildman–Crippen MR) is 118 cm³/mol. The molecule has 7 nitrogen and oxygen atoms in total. The molecule has 0 radical (unpaired) electrons. The Morgan fingerprint density at radius 2 is 2.03 bits per heavy atom.